The van der Waals surface area contributed by atoms with E-state index in [0.717, 1.165) is 38.0 Å². The second kappa shape index (κ2) is 5.14. The standard InChI is InChI=1S/C16H24N2O/c1-11-8-14(9-12(2)19-11)18-7-6-15-13(10-18)4-3-5-16(15)17/h3-5,11-12,14H,6-10,17H2,1-2H3. The minimum absolute atomic E-state index is 0.385. The minimum Gasteiger partial charge on any atom is -0.398 e. The second-order valence-electron chi connectivity index (χ2n) is 6.09. The van der Waals surface area contributed by atoms with Gasteiger partial charge in [-0.1, -0.05) is 12.1 Å². The number of hydrogen-bond acceptors (Lipinski definition) is 3. The van der Waals surface area contributed by atoms with Crippen molar-refractivity contribution < 1.29 is 4.74 Å². The quantitative estimate of drug-likeness (QED) is 0.789. The third-order valence-electron chi connectivity index (χ3n) is 4.52. The number of ether oxygens (including phenoxy) is 1. The van der Waals surface area contributed by atoms with Gasteiger partial charge in [0, 0.05) is 24.8 Å². The van der Waals surface area contributed by atoms with Crippen LogP contribution in [0.3, 0.4) is 0 Å². The summed E-state index contributed by atoms with van der Waals surface area (Å²) in [6.45, 7) is 6.56. The minimum atomic E-state index is 0.385. The maximum Gasteiger partial charge on any atom is 0.0565 e. The molecule has 0 spiro atoms. The summed E-state index contributed by atoms with van der Waals surface area (Å²) in [6.07, 6.45) is 4.17. The summed E-state index contributed by atoms with van der Waals surface area (Å²) in [7, 11) is 0. The largest absolute Gasteiger partial charge is 0.398 e. The lowest BCUT2D eigenvalue weighted by molar-refractivity contribution is -0.0674. The van der Waals surface area contributed by atoms with Crippen LogP contribution in [-0.2, 0) is 17.7 Å². The van der Waals surface area contributed by atoms with Crippen molar-refractivity contribution in [3.05, 3.63) is 29.3 Å². The van der Waals surface area contributed by atoms with E-state index in [1.807, 2.05) is 6.07 Å². The van der Waals surface area contributed by atoms with Crippen molar-refractivity contribution in [3.8, 4) is 0 Å². The van der Waals surface area contributed by atoms with Gasteiger partial charge in [-0.2, -0.15) is 0 Å². The van der Waals surface area contributed by atoms with Crippen molar-refractivity contribution in [2.45, 2.75) is 57.9 Å². The molecule has 2 N–H and O–H groups in total. The Morgan fingerprint density at radius 2 is 1.95 bits per heavy atom. The van der Waals surface area contributed by atoms with Gasteiger partial charge >= 0.3 is 0 Å². The Hall–Kier alpha value is -1.06. The summed E-state index contributed by atoms with van der Waals surface area (Å²) in [5.41, 5.74) is 9.82. The van der Waals surface area contributed by atoms with E-state index in [0.29, 0.717) is 18.2 Å². The van der Waals surface area contributed by atoms with Gasteiger partial charge < -0.3 is 10.5 Å². The van der Waals surface area contributed by atoms with E-state index in [1.165, 1.54) is 11.1 Å². The number of nitrogens with zero attached hydrogens (tertiary/aromatic N) is 1. The van der Waals surface area contributed by atoms with Crippen molar-refractivity contribution in [2.24, 2.45) is 0 Å². The van der Waals surface area contributed by atoms with E-state index >= 15 is 0 Å². The summed E-state index contributed by atoms with van der Waals surface area (Å²) in [6, 6.07) is 6.98. The molecule has 0 bridgehead atoms. The Balaban J connectivity index is 1.75. The Morgan fingerprint density at radius 3 is 2.68 bits per heavy atom. The molecule has 2 heterocycles. The molecule has 1 fully saturated rings. The zero-order valence-corrected chi connectivity index (χ0v) is 11.9. The monoisotopic (exact) mass is 260 g/mol. The second-order valence-corrected chi connectivity index (χ2v) is 6.09. The molecule has 104 valence electrons. The van der Waals surface area contributed by atoms with Crippen LogP contribution in [0.5, 0.6) is 0 Å². The molecule has 2 unspecified atom stereocenters. The third-order valence-corrected chi connectivity index (χ3v) is 4.52. The molecule has 19 heavy (non-hydrogen) atoms. The number of nitrogen functional groups attached to an aromatic ring is 1. The molecule has 2 aliphatic rings. The van der Waals surface area contributed by atoms with E-state index in [4.69, 9.17) is 10.5 Å². The van der Waals surface area contributed by atoms with Crippen LogP contribution in [-0.4, -0.2) is 29.7 Å². The Morgan fingerprint density at radius 1 is 1.21 bits per heavy atom. The zero-order chi connectivity index (χ0) is 13.4. The predicted octanol–water partition coefficient (Wildman–Crippen LogP) is 2.58. The molecule has 3 heteroatoms. The van der Waals surface area contributed by atoms with Crippen LogP contribution in [0, 0.1) is 0 Å². The van der Waals surface area contributed by atoms with Gasteiger partial charge in [-0.3, -0.25) is 4.90 Å². The van der Waals surface area contributed by atoms with Gasteiger partial charge in [-0.25, -0.2) is 0 Å². The molecule has 1 saturated heterocycles. The number of fused-ring (bicyclic) bond motifs is 1. The smallest absolute Gasteiger partial charge is 0.0565 e. The first-order valence-corrected chi connectivity index (χ1v) is 7.39. The predicted molar refractivity (Wildman–Crippen MR) is 78.0 cm³/mol. The summed E-state index contributed by atoms with van der Waals surface area (Å²) < 4.78 is 5.85. The lowest BCUT2D eigenvalue weighted by Gasteiger charge is -2.41. The average molecular weight is 260 g/mol. The first-order valence-electron chi connectivity index (χ1n) is 7.39. The van der Waals surface area contributed by atoms with Crippen LogP contribution in [0.2, 0.25) is 0 Å². The number of anilines is 1. The SMILES string of the molecule is CC1CC(N2CCc3c(N)cccc3C2)CC(C)O1. The molecule has 2 aliphatic heterocycles. The molecule has 3 rings (SSSR count). The van der Waals surface area contributed by atoms with E-state index in [2.05, 4.69) is 30.9 Å². The first-order chi connectivity index (χ1) is 9.13. The van der Waals surface area contributed by atoms with Crippen molar-refractivity contribution in [3.63, 3.8) is 0 Å². The third kappa shape index (κ3) is 2.63. The molecule has 0 radical (unpaired) electrons. The first kappa shape index (κ1) is 12.9. The number of rotatable bonds is 1. The van der Waals surface area contributed by atoms with Gasteiger partial charge in [-0.15, -0.1) is 0 Å². The van der Waals surface area contributed by atoms with E-state index in [9.17, 15) is 0 Å². The molecule has 0 aromatic heterocycles. The van der Waals surface area contributed by atoms with Crippen molar-refractivity contribution in [2.75, 3.05) is 12.3 Å². The van der Waals surface area contributed by atoms with Crippen LogP contribution in [0.15, 0.2) is 18.2 Å². The van der Waals surface area contributed by atoms with Crippen molar-refractivity contribution in [1.29, 1.82) is 0 Å². The summed E-state index contributed by atoms with van der Waals surface area (Å²) in [5.74, 6) is 0. The van der Waals surface area contributed by atoms with Gasteiger partial charge in [0.05, 0.1) is 12.2 Å². The number of hydrogen-bond donors (Lipinski definition) is 1. The molecule has 1 aromatic rings. The maximum atomic E-state index is 6.07. The van der Waals surface area contributed by atoms with E-state index < -0.39 is 0 Å². The van der Waals surface area contributed by atoms with Gasteiger partial charge in [0.1, 0.15) is 0 Å². The molecule has 1 aromatic carbocycles. The Kier molecular flexibility index (Phi) is 3.50. The van der Waals surface area contributed by atoms with Crippen LogP contribution in [0.25, 0.3) is 0 Å². The lowest BCUT2D eigenvalue weighted by atomic mass is 9.92. The fourth-order valence-corrected chi connectivity index (χ4v) is 3.64. The van der Waals surface area contributed by atoms with E-state index in [-0.39, 0.29) is 0 Å². The Bertz CT molecular complexity index is 450. The molecular formula is C16H24N2O. The van der Waals surface area contributed by atoms with Crippen LogP contribution in [0.1, 0.15) is 37.8 Å². The summed E-state index contributed by atoms with van der Waals surface area (Å²) in [5, 5.41) is 0. The number of nitrogens with two attached hydrogens (primary N) is 1. The summed E-state index contributed by atoms with van der Waals surface area (Å²) in [4.78, 5) is 2.62. The fraction of sp³-hybridized carbons (Fsp3) is 0.625. The molecule has 3 nitrogen and oxygen atoms in total. The lowest BCUT2D eigenvalue weighted by Crippen LogP contribution is -2.46. The van der Waals surface area contributed by atoms with E-state index in [1.54, 1.807) is 0 Å². The highest BCUT2D eigenvalue weighted by Crippen LogP contribution is 2.30. The molecule has 0 amide bonds. The summed E-state index contributed by atoms with van der Waals surface area (Å²) >= 11 is 0. The maximum absolute atomic E-state index is 6.07. The fourth-order valence-electron chi connectivity index (χ4n) is 3.64. The van der Waals surface area contributed by atoms with Gasteiger partial charge in [0.2, 0.25) is 0 Å². The van der Waals surface area contributed by atoms with Gasteiger partial charge in [0.25, 0.3) is 0 Å². The molecule has 0 aliphatic carbocycles. The number of benzene rings is 1. The van der Waals surface area contributed by atoms with Crippen LogP contribution < -0.4 is 5.73 Å². The Labute approximate surface area is 115 Å². The van der Waals surface area contributed by atoms with Gasteiger partial charge in [0.15, 0.2) is 0 Å². The zero-order valence-electron chi connectivity index (χ0n) is 11.9. The molecular weight excluding hydrogens is 236 g/mol. The van der Waals surface area contributed by atoms with Gasteiger partial charge in [-0.05, 0) is 50.3 Å². The van der Waals surface area contributed by atoms with Crippen LogP contribution in [0.4, 0.5) is 5.69 Å². The topological polar surface area (TPSA) is 38.5 Å². The normalized spacial score (nSPS) is 32.0. The average Bonchev–Trinajstić information content (AvgIpc) is 2.37. The highest BCUT2D eigenvalue weighted by Gasteiger charge is 2.31. The highest BCUT2D eigenvalue weighted by atomic mass is 16.5. The van der Waals surface area contributed by atoms with Crippen molar-refractivity contribution in [1.82, 2.24) is 4.90 Å². The van der Waals surface area contributed by atoms with Crippen molar-refractivity contribution >= 4 is 5.69 Å². The molecule has 0 saturated carbocycles. The van der Waals surface area contributed by atoms with Crippen LogP contribution >= 0.6 is 0 Å². The molecule has 2 atom stereocenters. The highest BCUT2D eigenvalue weighted by molar-refractivity contribution is 5.51.